The molecule has 0 N–H and O–H groups in total. The van der Waals surface area contributed by atoms with Crippen LogP contribution in [0.2, 0.25) is 0 Å². The topological polar surface area (TPSA) is 46.4 Å². The number of piperidine rings is 1. The first-order chi connectivity index (χ1) is 8.06. The van der Waals surface area contributed by atoms with Gasteiger partial charge in [0.2, 0.25) is 0 Å². The van der Waals surface area contributed by atoms with Crippen molar-refractivity contribution in [2.45, 2.75) is 19.8 Å². The lowest BCUT2D eigenvalue weighted by Crippen LogP contribution is -2.34. The molecule has 0 amide bonds. The molecule has 0 radical (unpaired) electrons. The van der Waals surface area contributed by atoms with E-state index < -0.39 is 10.7 Å². The number of nitro benzene ring substituents is 1. The molecule has 1 aliphatic heterocycles. The van der Waals surface area contributed by atoms with Crippen LogP contribution in [-0.4, -0.2) is 18.0 Å². The van der Waals surface area contributed by atoms with Gasteiger partial charge in [0.15, 0.2) is 0 Å². The molecule has 1 fully saturated rings. The van der Waals surface area contributed by atoms with Crippen LogP contribution in [0.4, 0.5) is 15.8 Å². The molecule has 1 unspecified atom stereocenters. The van der Waals surface area contributed by atoms with Crippen LogP contribution in [0.5, 0.6) is 0 Å². The number of halogens is 1. The van der Waals surface area contributed by atoms with E-state index in [1.165, 1.54) is 12.1 Å². The summed E-state index contributed by atoms with van der Waals surface area (Å²) in [5.41, 5.74) is 0.432. The van der Waals surface area contributed by atoms with E-state index in [-0.39, 0.29) is 5.69 Å². The van der Waals surface area contributed by atoms with E-state index in [0.29, 0.717) is 11.6 Å². The molecule has 2 rings (SSSR count). The number of non-ortho nitro benzene ring substituents is 1. The molecule has 0 saturated carbocycles. The first-order valence-electron chi connectivity index (χ1n) is 5.76. The SMILES string of the molecule is CC1CCCN(c2cc(F)cc([N+](=O)[O-])c2)C1. The smallest absolute Gasteiger partial charge is 0.274 e. The summed E-state index contributed by atoms with van der Waals surface area (Å²) in [5, 5.41) is 10.7. The Hall–Kier alpha value is -1.65. The van der Waals surface area contributed by atoms with E-state index in [9.17, 15) is 14.5 Å². The monoisotopic (exact) mass is 238 g/mol. The summed E-state index contributed by atoms with van der Waals surface area (Å²) in [6.07, 6.45) is 2.21. The maximum absolute atomic E-state index is 13.3. The second kappa shape index (κ2) is 4.69. The van der Waals surface area contributed by atoms with Crippen LogP contribution < -0.4 is 4.90 Å². The molecule has 92 valence electrons. The van der Waals surface area contributed by atoms with Gasteiger partial charge in [-0.2, -0.15) is 0 Å². The van der Waals surface area contributed by atoms with Crippen molar-refractivity contribution in [2.24, 2.45) is 5.92 Å². The minimum atomic E-state index is -0.556. The van der Waals surface area contributed by atoms with Gasteiger partial charge >= 0.3 is 0 Å². The van der Waals surface area contributed by atoms with E-state index in [4.69, 9.17) is 0 Å². The van der Waals surface area contributed by atoms with Gasteiger partial charge in [-0.15, -0.1) is 0 Å². The zero-order chi connectivity index (χ0) is 12.4. The van der Waals surface area contributed by atoms with Gasteiger partial charge in [-0.1, -0.05) is 6.92 Å². The van der Waals surface area contributed by atoms with Crippen molar-refractivity contribution in [3.63, 3.8) is 0 Å². The molecule has 4 nitrogen and oxygen atoms in total. The van der Waals surface area contributed by atoms with Crippen LogP contribution in [0.25, 0.3) is 0 Å². The quantitative estimate of drug-likeness (QED) is 0.587. The van der Waals surface area contributed by atoms with Gasteiger partial charge in [-0.3, -0.25) is 10.1 Å². The lowest BCUT2D eigenvalue weighted by Gasteiger charge is -2.32. The van der Waals surface area contributed by atoms with E-state index in [0.717, 1.165) is 32.0 Å². The summed E-state index contributed by atoms with van der Waals surface area (Å²) in [7, 11) is 0. The molecule has 1 aliphatic rings. The normalized spacial score (nSPS) is 20.4. The lowest BCUT2D eigenvalue weighted by atomic mass is 10.00. The third kappa shape index (κ3) is 2.72. The Balaban J connectivity index is 2.28. The number of rotatable bonds is 2. The minimum absolute atomic E-state index is 0.182. The van der Waals surface area contributed by atoms with Gasteiger partial charge in [-0.25, -0.2) is 4.39 Å². The highest BCUT2D eigenvalue weighted by molar-refractivity contribution is 5.54. The third-order valence-electron chi connectivity index (χ3n) is 3.10. The maximum atomic E-state index is 13.3. The molecule has 0 bridgehead atoms. The van der Waals surface area contributed by atoms with Gasteiger partial charge in [0.25, 0.3) is 5.69 Å². The van der Waals surface area contributed by atoms with E-state index >= 15 is 0 Å². The zero-order valence-corrected chi connectivity index (χ0v) is 9.73. The van der Waals surface area contributed by atoms with Crippen molar-refractivity contribution in [3.05, 3.63) is 34.1 Å². The largest absolute Gasteiger partial charge is 0.371 e. The Labute approximate surface area is 99.2 Å². The van der Waals surface area contributed by atoms with Crippen LogP contribution in [0.1, 0.15) is 19.8 Å². The van der Waals surface area contributed by atoms with Gasteiger partial charge in [0.05, 0.1) is 11.0 Å². The Morgan fingerprint density at radius 3 is 2.88 bits per heavy atom. The number of nitro groups is 1. The third-order valence-corrected chi connectivity index (χ3v) is 3.10. The fourth-order valence-corrected chi connectivity index (χ4v) is 2.27. The van der Waals surface area contributed by atoms with Crippen molar-refractivity contribution in [2.75, 3.05) is 18.0 Å². The van der Waals surface area contributed by atoms with Gasteiger partial charge in [0.1, 0.15) is 5.82 Å². The number of anilines is 1. The van der Waals surface area contributed by atoms with Crippen molar-refractivity contribution in [3.8, 4) is 0 Å². The summed E-state index contributed by atoms with van der Waals surface area (Å²) >= 11 is 0. The highest BCUT2D eigenvalue weighted by Crippen LogP contribution is 2.27. The van der Waals surface area contributed by atoms with Gasteiger partial charge < -0.3 is 4.90 Å². The van der Waals surface area contributed by atoms with Gasteiger partial charge in [-0.05, 0) is 24.8 Å². The van der Waals surface area contributed by atoms with Crippen molar-refractivity contribution in [1.82, 2.24) is 0 Å². The van der Waals surface area contributed by atoms with Gasteiger partial charge in [0, 0.05) is 24.8 Å². The Bertz CT molecular complexity index is 437. The molecule has 0 spiro atoms. The first-order valence-corrected chi connectivity index (χ1v) is 5.76. The summed E-state index contributed by atoms with van der Waals surface area (Å²) in [4.78, 5) is 12.1. The van der Waals surface area contributed by atoms with E-state index in [2.05, 4.69) is 6.92 Å². The van der Waals surface area contributed by atoms with Crippen molar-refractivity contribution in [1.29, 1.82) is 0 Å². The summed E-state index contributed by atoms with van der Waals surface area (Å²) in [5.74, 6) is -0.00139. The van der Waals surface area contributed by atoms with Crippen molar-refractivity contribution < 1.29 is 9.31 Å². The zero-order valence-electron chi connectivity index (χ0n) is 9.73. The highest BCUT2D eigenvalue weighted by atomic mass is 19.1. The second-order valence-electron chi connectivity index (χ2n) is 4.62. The molecule has 1 heterocycles. The molecule has 1 atom stereocenters. The first kappa shape index (κ1) is 11.8. The molecule has 1 aromatic carbocycles. The summed E-state index contributed by atoms with van der Waals surface area (Å²) in [6.45, 7) is 3.81. The molecule has 1 aromatic rings. The molecule has 0 aliphatic carbocycles. The second-order valence-corrected chi connectivity index (χ2v) is 4.62. The number of nitrogens with zero attached hydrogens (tertiary/aromatic N) is 2. The fourth-order valence-electron chi connectivity index (χ4n) is 2.27. The number of hydrogen-bond acceptors (Lipinski definition) is 3. The predicted molar refractivity (Wildman–Crippen MR) is 63.7 cm³/mol. The predicted octanol–water partition coefficient (Wildman–Crippen LogP) is 2.97. The molecule has 0 aromatic heterocycles. The molecular formula is C12H15FN2O2. The lowest BCUT2D eigenvalue weighted by molar-refractivity contribution is -0.385. The van der Waals surface area contributed by atoms with Crippen LogP contribution in [0.15, 0.2) is 18.2 Å². The van der Waals surface area contributed by atoms with E-state index in [1.807, 2.05) is 4.90 Å². The van der Waals surface area contributed by atoms with E-state index in [1.54, 1.807) is 0 Å². The van der Waals surface area contributed by atoms with Crippen molar-refractivity contribution >= 4 is 11.4 Å². The number of hydrogen-bond donors (Lipinski definition) is 0. The van der Waals surface area contributed by atoms with Crippen LogP contribution in [-0.2, 0) is 0 Å². The highest BCUT2D eigenvalue weighted by Gasteiger charge is 2.19. The minimum Gasteiger partial charge on any atom is -0.371 e. The van der Waals surface area contributed by atoms with Crippen LogP contribution in [0, 0.1) is 21.8 Å². The Kier molecular flexibility index (Phi) is 3.26. The number of benzene rings is 1. The fraction of sp³-hybridized carbons (Fsp3) is 0.500. The summed E-state index contributed by atoms with van der Waals surface area (Å²) < 4.78 is 13.3. The average Bonchev–Trinajstić information content (AvgIpc) is 2.28. The summed E-state index contributed by atoms with van der Waals surface area (Å²) in [6, 6.07) is 3.77. The van der Waals surface area contributed by atoms with Crippen LogP contribution in [0.3, 0.4) is 0 Å². The molecule has 17 heavy (non-hydrogen) atoms. The maximum Gasteiger partial charge on any atom is 0.274 e. The Morgan fingerprint density at radius 1 is 1.47 bits per heavy atom. The molecule has 1 saturated heterocycles. The Morgan fingerprint density at radius 2 is 2.24 bits per heavy atom. The standard InChI is InChI=1S/C12H15FN2O2/c1-9-3-2-4-14(8-9)11-5-10(13)6-12(7-11)15(16)17/h5-7,9H,2-4,8H2,1H3. The average molecular weight is 238 g/mol. The van der Waals surface area contributed by atoms with Crippen LogP contribution >= 0.6 is 0 Å². The molecular weight excluding hydrogens is 223 g/mol. The molecule has 5 heteroatoms.